The molecule has 0 aliphatic heterocycles. The van der Waals surface area contributed by atoms with Gasteiger partial charge < -0.3 is 15.4 Å². The number of amidine groups is 1. The van der Waals surface area contributed by atoms with Gasteiger partial charge in [-0.25, -0.2) is 4.98 Å². The fraction of sp³-hybridized carbons (Fsp3) is 0.545. The van der Waals surface area contributed by atoms with Gasteiger partial charge in [0.05, 0.1) is 6.61 Å². The summed E-state index contributed by atoms with van der Waals surface area (Å²) in [6.07, 6.45) is 0.902. The van der Waals surface area contributed by atoms with Gasteiger partial charge in [-0.1, -0.05) is 0 Å². The number of hydrogen-bond acceptors (Lipinski definition) is 5. The third-order valence-corrected chi connectivity index (χ3v) is 2.09. The fourth-order valence-electron chi connectivity index (χ4n) is 1.29. The van der Waals surface area contributed by atoms with Crippen molar-refractivity contribution in [2.75, 3.05) is 27.2 Å². The summed E-state index contributed by atoms with van der Waals surface area (Å²) in [4.78, 5) is 10.3. The van der Waals surface area contributed by atoms with Crippen LogP contribution >= 0.6 is 0 Å². The zero-order valence-corrected chi connectivity index (χ0v) is 10.5. The van der Waals surface area contributed by atoms with Crippen molar-refractivity contribution in [3.63, 3.8) is 0 Å². The highest BCUT2D eigenvalue weighted by Crippen LogP contribution is 2.06. The predicted octanol–water partition coefficient (Wildman–Crippen LogP) is 0.400. The van der Waals surface area contributed by atoms with E-state index in [2.05, 4.69) is 14.9 Å². The highest BCUT2D eigenvalue weighted by atomic mass is 16.5. The molecule has 0 aliphatic rings. The lowest BCUT2D eigenvalue weighted by atomic mass is 10.3. The molecular weight excluding hydrogens is 218 g/mol. The van der Waals surface area contributed by atoms with Crippen LogP contribution in [0.1, 0.15) is 17.8 Å². The van der Waals surface area contributed by atoms with Crippen molar-refractivity contribution in [3.05, 3.63) is 17.5 Å². The van der Waals surface area contributed by atoms with Crippen LogP contribution in [0.15, 0.2) is 6.07 Å². The molecule has 1 aromatic heterocycles. The van der Waals surface area contributed by atoms with Gasteiger partial charge >= 0.3 is 6.01 Å². The number of rotatable bonds is 6. The minimum absolute atomic E-state index is 0.0753. The number of nitrogens with one attached hydrogen (secondary N) is 1. The third-order valence-electron chi connectivity index (χ3n) is 2.09. The number of nitrogens with zero attached hydrogens (tertiary/aromatic N) is 3. The fourth-order valence-corrected chi connectivity index (χ4v) is 1.29. The minimum Gasteiger partial charge on any atom is -0.463 e. The molecule has 6 nitrogen and oxygen atoms in total. The van der Waals surface area contributed by atoms with Crippen LogP contribution in [0.2, 0.25) is 0 Å². The summed E-state index contributed by atoms with van der Waals surface area (Å²) in [5.74, 6) is -0.0753. The Labute approximate surface area is 101 Å². The van der Waals surface area contributed by atoms with Gasteiger partial charge in [0.15, 0.2) is 0 Å². The normalized spacial score (nSPS) is 10.6. The maximum Gasteiger partial charge on any atom is 0.317 e. The summed E-state index contributed by atoms with van der Waals surface area (Å²) in [7, 11) is 4.02. The van der Waals surface area contributed by atoms with E-state index in [4.69, 9.17) is 15.9 Å². The Hall–Kier alpha value is -1.69. The summed E-state index contributed by atoms with van der Waals surface area (Å²) in [6, 6.07) is 1.95. The average molecular weight is 237 g/mol. The number of nitrogen functional groups attached to an aromatic ring is 1. The molecule has 1 heterocycles. The molecule has 0 saturated heterocycles. The lowest BCUT2D eigenvalue weighted by Crippen LogP contribution is -2.17. The van der Waals surface area contributed by atoms with Crippen LogP contribution in [0, 0.1) is 12.3 Å². The second-order valence-electron chi connectivity index (χ2n) is 4.10. The third kappa shape index (κ3) is 4.78. The molecule has 0 amide bonds. The van der Waals surface area contributed by atoms with E-state index in [9.17, 15) is 0 Å². The molecule has 0 radical (unpaired) electrons. The predicted molar refractivity (Wildman–Crippen MR) is 66.5 cm³/mol. The van der Waals surface area contributed by atoms with Crippen molar-refractivity contribution < 1.29 is 4.74 Å². The van der Waals surface area contributed by atoms with Gasteiger partial charge in [0.1, 0.15) is 11.5 Å². The van der Waals surface area contributed by atoms with Crippen LogP contribution in [0.5, 0.6) is 6.01 Å². The Morgan fingerprint density at radius 2 is 2.18 bits per heavy atom. The molecule has 0 fully saturated rings. The van der Waals surface area contributed by atoms with Gasteiger partial charge in [-0.3, -0.25) is 5.41 Å². The Morgan fingerprint density at radius 1 is 1.47 bits per heavy atom. The molecule has 6 heteroatoms. The summed E-state index contributed by atoms with van der Waals surface area (Å²) in [5, 5.41) is 7.32. The zero-order valence-electron chi connectivity index (χ0n) is 10.5. The van der Waals surface area contributed by atoms with E-state index in [0.29, 0.717) is 12.3 Å². The molecule has 0 aliphatic carbocycles. The van der Waals surface area contributed by atoms with Crippen molar-refractivity contribution in [1.82, 2.24) is 14.9 Å². The Bertz CT molecular complexity index is 391. The molecular formula is C11H19N5O. The van der Waals surface area contributed by atoms with Crippen LogP contribution < -0.4 is 10.5 Å². The van der Waals surface area contributed by atoms with Crippen LogP contribution in [0.4, 0.5) is 0 Å². The van der Waals surface area contributed by atoms with Gasteiger partial charge in [-0.05, 0) is 33.5 Å². The van der Waals surface area contributed by atoms with Crippen LogP contribution in [-0.2, 0) is 0 Å². The first-order valence-electron chi connectivity index (χ1n) is 5.46. The number of aromatic nitrogens is 2. The van der Waals surface area contributed by atoms with E-state index in [1.807, 2.05) is 21.0 Å². The van der Waals surface area contributed by atoms with Crippen molar-refractivity contribution >= 4 is 5.84 Å². The summed E-state index contributed by atoms with van der Waals surface area (Å²) in [6.45, 7) is 3.32. The van der Waals surface area contributed by atoms with E-state index in [1.54, 1.807) is 6.07 Å². The number of ether oxygens (including phenoxy) is 1. The van der Waals surface area contributed by atoms with Crippen molar-refractivity contribution in [2.24, 2.45) is 5.73 Å². The SMILES string of the molecule is Cc1cc(C(=N)N)nc(OCCCN(C)C)n1. The van der Waals surface area contributed by atoms with E-state index in [0.717, 1.165) is 18.7 Å². The van der Waals surface area contributed by atoms with E-state index in [1.165, 1.54) is 0 Å². The molecule has 0 atom stereocenters. The maximum absolute atomic E-state index is 7.32. The minimum atomic E-state index is -0.0753. The zero-order chi connectivity index (χ0) is 12.8. The molecule has 0 unspecified atom stereocenters. The second kappa shape index (κ2) is 6.15. The van der Waals surface area contributed by atoms with Crippen molar-refractivity contribution in [3.8, 4) is 6.01 Å². The largest absolute Gasteiger partial charge is 0.463 e. The van der Waals surface area contributed by atoms with Gasteiger partial charge in [-0.2, -0.15) is 4.98 Å². The van der Waals surface area contributed by atoms with Crippen molar-refractivity contribution in [2.45, 2.75) is 13.3 Å². The topological polar surface area (TPSA) is 88.1 Å². The van der Waals surface area contributed by atoms with Crippen LogP contribution in [0.25, 0.3) is 0 Å². The average Bonchev–Trinajstić information content (AvgIpc) is 2.23. The molecule has 1 rings (SSSR count). The quantitative estimate of drug-likeness (QED) is 0.425. The van der Waals surface area contributed by atoms with Crippen LogP contribution in [-0.4, -0.2) is 48.0 Å². The molecule has 3 N–H and O–H groups in total. The Balaban J connectivity index is 2.56. The molecule has 94 valence electrons. The number of aryl methyl sites for hydroxylation is 1. The molecule has 1 aromatic rings. The van der Waals surface area contributed by atoms with E-state index in [-0.39, 0.29) is 11.8 Å². The summed E-state index contributed by atoms with van der Waals surface area (Å²) >= 11 is 0. The summed E-state index contributed by atoms with van der Waals surface area (Å²) < 4.78 is 5.43. The van der Waals surface area contributed by atoms with Crippen LogP contribution in [0.3, 0.4) is 0 Å². The van der Waals surface area contributed by atoms with Gasteiger partial charge in [-0.15, -0.1) is 0 Å². The number of nitrogens with two attached hydrogens (primary N) is 1. The first-order valence-corrected chi connectivity index (χ1v) is 5.46. The first-order chi connectivity index (χ1) is 7.99. The molecule has 0 spiro atoms. The lowest BCUT2D eigenvalue weighted by molar-refractivity contribution is 0.263. The highest BCUT2D eigenvalue weighted by Gasteiger charge is 2.05. The first kappa shape index (κ1) is 13.4. The second-order valence-corrected chi connectivity index (χ2v) is 4.10. The molecule has 0 saturated carbocycles. The van der Waals surface area contributed by atoms with Gasteiger partial charge in [0.25, 0.3) is 0 Å². The Morgan fingerprint density at radius 3 is 2.76 bits per heavy atom. The van der Waals surface area contributed by atoms with Gasteiger partial charge in [0.2, 0.25) is 0 Å². The Kier molecular flexibility index (Phi) is 4.84. The standard InChI is InChI=1S/C11H19N5O/c1-8-7-9(10(12)13)15-11(14-8)17-6-4-5-16(2)3/h7H,4-6H2,1-3H3,(H3,12,13). The molecule has 0 aromatic carbocycles. The van der Waals surface area contributed by atoms with E-state index >= 15 is 0 Å². The number of hydrogen-bond donors (Lipinski definition) is 2. The monoisotopic (exact) mass is 237 g/mol. The van der Waals surface area contributed by atoms with E-state index < -0.39 is 0 Å². The van der Waals surface area contributed by atoms with Gasteiger partial charge in [0, 0.05) is 12.2 Å². The van der Waals surface area contributed by atoms with Crippen molar-refractivity contribution in [1.29, 1.82) is 5.41 Å². The highest BCUT2D eigenvalue weighted by molar-refractivity contribution is 5.93. The lowest BCUT2D eigenvalue weighted by Gasteiger charge is -2.10. The smallest absolute Gasteiger partial charge is 0.317 e. The molecule has 17 heavy (non-hydrogen) atoms. The summed E-state index contributed by atoms with van der Waals surface area (Å²) in [5.41, 5.74) is 6.52. The maximum atomic E-state index is 7.32. The molecule has 0 bridgehead atoms.